The van der Waals surface area contributed by atoms with E-state index in [1.165, 1.54) is 26.0 Å². The third-order valence-corrected chi connectivity index (χ3v) is 4.69. The Bertz CT molecular complexity index is 1330. The molecular formula is C24H16F3NO5. The van der Waals surface area contributed by atoms with Crippen LogP contribution in [0.4, 0.5) is 13.2 Å². The zero-order valence-corrected chi connectivity index (χ0v) is 17.4. The van der Waals surface area contributed by atoms with E-state index in [1.54, 1.807) is 36.4 Å². The largest absolute Gasteiger partial charge is 0.478 e. The smallest absolute Gasteiger partial charge is 0.424 e. The molecule has 168 valence electrons. The third-order valence-electron chi connectivity index (χ3n) is 4.69. The molecule has 1 N–H and O–H groups in total. The predicted octanol–water partition coefficient (Wildman–Crippen LogP) is 6.15. The standard InChI is InChI=1S/C24H16F3NO5/c1-23(2,22(29)30)32-18-8-4-7-16(12-18)31-17-9-10-19-20(13-17)33-28-21(19)14-5-3-6-15(11-14)24(25,26)27/h4-5,7-13H,1-2H3,(H,29,30). The van der Waals surface area contributed by atoms with Crippen LogP contribution in [0.5, 0.6) is 17.2 Å². The van der Waals surface area contributed by atoms with E-state index in [0.29, 0.717) is 28.2 Å². The molecule has 0 atom stereocenters. The normalized spacial score (nSPS) is 11.8. The highest BCUT2D eigenvalue weighted by molar-refractivity contribution is 5.92. The average Bonchev–Trinajstić information content (AvgIpc) is 3.16. The maximum atomic E-state index is 13.0. The number of rotatable bonds is 6. The van der Waals surface area contributed by atoms with Crippen molar-refractivity contribution in [3.63, 3.8) is 0 Å². The minimum absolute atomic E-state index is 0.194. The molecule has 0 aliphatic rings. The fourth-order valence-corrected chi connectivity index (χ4v) is 2.98. The Morgan fingerprint density at radius 1 is 1.06 bits per heavy atom. The summed E-state index contributed by atoms with van der Waals surface area (Å²) >= 11 is 0. The van der Waals surface area contributed by atoms with Crippen LogP contribution >= 0.6 is 0 Å². The molecule has 0 fully saturated rings. The van der Waals surface area contributed by atoms with Gasteiger partial charge in [0.2, 0.25) is 0 Å². The van der Waals surface area contributed by atoms with Crippen molar-refractivity contribution in [1.82, 2.24) is 5.16 Å². The number of fused-ring (bicyclic) bond motifs is 1. The van der Waals surface area contributed by atoms with Crippen molar-refractivity contribution in [2.45, 2.75) is 25.6 Å². The molecule has 1 aromatic heterocycles. The molecule has 0 aliphatic carbocycles. The fourth-order valence-electron chi connectivity index (χ4n) is 2.98. The second-order valence-electron chi connectivity index (χ2n) is 7.61. The van der Waals surface area contributed by atoms with Crippen LogP contribution < -0.4 is 9.47 Å². The van der Waals surface area contributed by atoms with Gasteiger partial charge in [0, 0.05) is 23.1 Å². The Balaban J connectivity index is 1.59. The van der Waals surface area contributed by atoms with Crippen LogP contribution in [0.15, 0.2) is 59.1 Å². The van der Waals surface area contributed by atoms with Crippen molar-refractivity contribution < 1.29 is 37.1 Å². The van der Waals surface area contributed by atoms with Crippen molar-refractivity contribution >= 4 is 16.9 Å². The number of nitrogens with zero attached hydrogens (tertiary/aromatic N) is 1. The number of carboxylic acids is 1. The highest BCUT2D eigenvalue weighted by Crippen LogP contribution is 2.35. The van der Waals surface area contributed by atoms with Crippen LogP contribution in [-0.4, -0.2) is 21.8 Å². The zero-order chi connectivity index (χ0) is 23.8. The molecule has 33 heavy (non-hydrogen) atoms. The SMILES string of the molecule is CC(C)(Oc1cccc(Oc2ccc3c(-c4cc#cc(C(F)(F)F)c4)noc3c2)c1)C(=O)O. The van der Waals surface area contributed by atoms with Gasteiger partial charge in [0.05, 0.1) is 0 Å². The average molecular weight is 455 g/mol. The Morgan fingerprint density at radius 2 is 1.79 bits per heavy atom. The van der Waals surface area contributed by atoms with Gasteiger partial charge in [-0.25, -0.2) is 4.79 Å². The minimum Gasteiger partial charge on any atom is -0.478 e. The summed E-state index contributed by atoms with van der Waals surface area (Å²) in [4.78, 5) is 11.3. The number of hydrogen-bond acceptors (Lipinski definition) is 5. The van der Waals surface area contributed by atoms with Gasteiger partial charge in [-0.1, -0.05) is 23.4 Å². The van der Waals surface area contributed by atoms with Gasteiger partial charge in [0.15, 0.2) is 11.2 Å². The molecule has 0 bridgehead atoms. The molecule has 6 nitrogen and oxygen atoms in total. The minimum atomic E-state index is -4.55. The van der Waals surface area contributed by atoms with Crippen LogP contribution in [0.2, 0.25) is 0 Å². The van der Waals surface area contributed by atoms with Crippen molar-refractivity contribution in [1.29, 1.82) is 0 Å². The van der Waals surface area contributed by atoms with Gasteiger partial charge >= 0.3 is 12.1 Å². The maximum absolute atomic E-state index is 13.0. The Morgan fingerprint density at radius 3 is 2.52 bits per heavy atom. The summed E-state index contributed by atoms with van der Waals surface area (Å²) in [6, 6.07) is 17.9. The predicted molar refractivity (Wildman–Crippen MR) is 111 cm³/mol. The first kappa shape index (κ1) is 22.0. The summed E-state index contributed by atoms with van der Waals surface area (Å²) in [5.41, 5.74) is -1.64. The lowest BCUT2D eigenvalue weighted by Gasteiger charge is -2.21. The molecule has 4 aromatic rings. The number of alkyl halides is 3. The molecule has 0 saturated heterocycles. The number of carbonyl (C=O) groups is 1. The summed E-state index contributed by atoms with van der Waals surface area (Å²) < 4.78 is 55.6. The fraction of sp³-hybridized carbons (Fsp3) is 0.167. The van der Waals surface area contributed by atoms with Crippen molar-refractivity contribution in [2.24, 2.45) is 0 Å². The number of aliphatic carboxylic acids is 1. The Labute approximate surface area is 186 Å². The second kappa shape index (κ2) is 8.06. The number of halogens is 3. The zero-order valence-electron chi connectivity index (χ0n) is 17.4. The van der Waals surface area contributed by atoms with E-state index in [-0.39, 0.29) is 11.3 Å². The first-order chi connectivity index (χ1) is 15.5. The van der Waals surface area contributed by atoms with Gasteiger partial charge < -0.3 is 19.1 Å². The van der Waals surface area contributed by atoms with Gasteiger partial charge in [-0.2, -0.15) is 13.2 Å². The molecule has 0 radical (unpaired) electrons. The number of carboxylic acid groups (broad SMARTS) is 1. The topological polar surface area (TPSA) is 81.8 Å². The summed E-state index contributed by atoms with van der Waals surface area (Å²) in [6.45, 7) is 2.86. The van der Waals surface area contributed by atoms with E-state index in [4.69, 9.17) is 14.0 Å². The number of hydrogen-bond donors (Lipinski definition) is 1. The highest BCUT2D eigenvalue weighted by Gasteiger charge is 2.31. The van der Waals surface area contributed by atoms with Crippen LogP contribution in [0.25, 0.3) is 22.2 Å². The van der Waals surface area contributed by atoms with E-state index in [2.05, 4.69) is 11.2 Å². The highest BCUT2D eigenvalue weighted by atomic mass is 19.4. The van der Waals surface area contributed by atoms with Gasteiger partial charge in [-0.3, -0.25) is 0 Å². The van der Waals surface area contributed by atoms with Gasteiger partial charge in [0.25, 0.3) is 0 Å². The Kier molecular flexibility index (Phi) is 5.38. The van der Waals surface area contributed by atoms with Gasteiger partial charge in [0.1, 0.15) is 28.5 Å². The number of ether oxygens (including phenoxy) is 2. The van der Waals surface area contributed by atoms with E-state index < -0.39 is 23.3 Å². The molecule has 0 saturated carbocycles. The van der Waals surface area contributed by atoms with E-state index in [9.17, 15) is 23.1 Å². The lowest BCUT2D eigenvalue weighted by atomic mass is 10.1. The molecule has 4 rings (SSSR count). The summed E-state index contributed by atoms with van der Waals surface area (Å²) in [7, 11) is 0. The molecule has 9 heteroatoms. The van der Waals surface area contributed by atoms with E-state index in [1.807, 2.05) is 6.07 Å². The Hall–Kier alpha value is -4.19. The van der Waals surface area contributed by atoms with Gasteiger partial charge in [-0.15, -0.1) is 0 Å². The monoisotopic (exact) mass is 455 g/mol. The molecule has 0 unspecified atom stereocenters. The lowest BCUT2D eigenvalue weighted by molar-refractivity contribution is -0.152. The maximum Gasteiger partial charge on any atom is 0.424 e. The molecule has 0 spiro atoms. The first-order valence-electron chi connectivity index (χ1n) is 9.64. The van der Waals surface area contributed by atoms with E-state index in [0.717, 1.165) is 6.07 Å². The van der Waals surface area contributed by atoms with E-state index >= 15 is 0 Å². The molecule has 3 aromatic carbocycles. The third kappa shape index (κ3) is 4.70. The number of benzene rings is 2. The van der Waals surface area contributed by atoms with Crippen LogP contribution in [-0.2, 0) is 11.0 Å². The van der Waals surface area contributed by atoms with Crippen molar-refractivity contribution in [2.75, 3.05) is 0 Å². The quantitative estimate of drug-likeness (QED) is 0.376. The van der Waals surface area contributed by atoms with Crippen LogP contribution in [0, 0.1) is 12.1 Å². The second-order valence-corrected chi connectivity index (χ2v) is 7.61. The molecule has 1 heterocycles. The molecule has 0 amide bonds. The van der Waals surface area contributed by atoms with Crippen molar-refractivity contribution in [3.8, 4) is 28.5 Å². The molecule has 0 aliphatic heterocycles. The summed E-state index contributed by atoms with van der Waals surface area (Å²) in [5, 5.41) is 13.6. The first-order valence-corrected chi connectivity index (χ1v) is 9.64. The molecular weight excluding hydrogens is 439 g/mol. The lowest BCUT2D eigenvalue weighted by Crippen LogP contribution is -2.37. The van der Waals surface area contributed by atoms with Crippen LogP contribution in [0.1, 0.15) is 19.4 Å². The number of aromatic nitrogens is 1. The van der Waals surface area contributed by atoms with Crippen molar-refractivity contribution in [3.05, 3.63) is 72.3 Å². The van der Waals surface area contributed by atoms with Crippen LogP contribution in [0.3, 0.4) is 0 Å². The summed E-state index contributed by atoms with van der Waals surface area (Å²) in [6.07, 6.45) is -4.55. The van der Waals surface area contributed by atoms with Gasteiger partial charge in [-0.05, 0) is 50.2 Å². The summed E-state index contributed by atoms with van der Waals surface area (Å²) in [5.74, 6) is -0.0447.